The molecule has 2 unspecified atom stereocenters. The lowest BCUT2D eigenvalue weighted by atomic mass is 9.90. The Balaban J connectivity index is 1.15. The fourth-order valence-electron chi connectivity index (χ4n) is 8.53. The largest absolute Gasteiger partial charge is 0.508 e. The summed E-state index contributed by atoms with van der Waals surface area (Å²) in [6, 6.07) is 10.0. The molecular weight excluding hydrogens is 617 g/mol. The van der Waals surface area contributed by atoms with E-state index in [-0.39, 0.29) is 22.7 Å². The molecule has 0 radical (unpaired) electrons. The molecule has 0 amide bonds. The van der Waals surface area contributed by atoms with Gasteiger partial charge in [0.2, 0.25) is 0 Å². The van der Waals surface area contributed by atoms with Gasteiger partial charge in [-0.1, -0.05) is 23.6 Å². The van der Waals surface area contributed by atoms with Crippen LogP contribution in [0.5, 0.6) is 11.8 Å². The molecule has 4 atom stereocenters. The van der Waals surface area contributed by atoms with Crippen molar-refractivity contribution in [3.05, 3.63) is 52.3 Å². The molecule has 47 heavy (non-hydrogen) atoms. The number of aromatic nitrogens is 2. The molecule has 1 aliphatic carbocycles. The fraction of sp³-hybridized carbons (Fsp3) is 0.459. The van der Waals surface area contributed by atoms with Crippen molar-refractivity contribution in [2.75, 3.05) is 44.3 Å². The molecule has 4 aliphatic heterocycles. The van der Waals surface area contributed by atoms with Crippen LogP contribution in [0.3, 0.4) is 0 Å². The van der Waals surface area contributed by atoms with E-state index in [1.165, 1.54) is 0 Å². The molecule has 4 aromatic rings. The van der Waals surface area contributed by atoms with Crippen molar-refractivity contribution in [2.45, 2.75) is 63.3 Å². The first-order valence-electron chi connectivity index (χ1n) is 16.7. The molecule has 5 aliphatic rings. The number of ether oxygens (including phenoxy) is 2. The summed E-state index contributed by atoms with van der Waals surface area (Å²) in [4.78, 5) is 14.6. The molecule has 4 bridgehead atoms. The third-order valence-corrected chi connectivity index (χ3v) is 11.4. The number of hydrogen-bond donors (Lipinski definition) is 2. The zero-order valence-corrected chi connectivity index (χ0v) is 27.1. The summed E-state index contributed by atoms with van der Waals surface area (Å²) in [7, 11) is 0. The number of hydrogen-bond acceptors (Lipinski definition) is 8. The second-order valence-electron chi connectivity index (χ2n) is 14.4. The van der Waals surface area contributed by atoms with Crippen LogP contribution in [-0.2, 0) is 4.74 Å². The minimum atomic E-state index is -0.504. The van der Waals surface area contributed by atoms with E-state index >= 15 is 4.39 Å². The number of nitrogens with one attached hydrogen (secondary N) is 1. The van der Waals surface area contributed by atoms with Crippen molar-refractivity contribution in [2.24, 2.45) is 5.41 Å². The van der Waals surface area contributed by atoms with Crippen LogP contribution in [0.4, 0.5) is 10.2 Å². The molecule has 5 heterocycles. The predicted octanol–water partition coefficient (Wildman–Crippen LogP) is 5.81. The fourth-order valence-corrected chi connectivity index (χ4v) is 8.75. The normalized spacial score (nSPS) is 26.0. The van der Waals surface area contributed by atoms with Gasteiger partial charge in [-0.25, -0.2) is 4.39 Å². The van der Waals surface area contributed by atoms with Crippen molar-refractivity contribution < 1.29 is 19.0 Å². The highest BCUT2D eigenvalue weighted by Crippen LogP contribution is 2.48. The summed E-state index contributed by atoms with van der Waals surface area (Å²) in [5.41, 5.74) is 2.17. The Morgan fingerprint density at radius 3 is 2.68 bits per heavy atom. The van der Waals surface area contributed by atoms with Crippen molar-refractivity contribution in [3.63, 3.8) is 0 Å². The maximum absolute atomic E-state index is 17.2. The highest BCUT2D eigenvalue weighted by molar-refractivity contribution is 6.33. The van der Waals surface area contributed by atoms with Crippen molar-refractivity contribution in [3.8, 4) is 35.2 Å². The number of benzene rings is 3. The zero-order valence-electron chi connectivity index (χ0n) is 26.4. The number of phenols is 1. The van der Waals surface area contributed by atoms with Gasteiger partial charge in [-0.2, -0.15) is 9.97 Å². The van der Waals surface area contributed by atoms with Gasteiger partial charge >= 0.3 is 6.01 Å². The Labute approximate surface area is 278 Å². The Morgan fingerprint density at radius 2 is 1.98 bits per heavy atom. The molecule has 0 spiro atoms. The van der Waals surface area contributed by atoms with Crippen molar-refractivity contribution in [1.29, 1.82) is 0 Å². The quantitative estimate of drug-likeness (QED) is 0.242. The molecule has 5 fully saturated rings. The minimum absolute atomic E-state index is 0.00731. The molecule has 4 saturated heterocycles. The standard InChI is InChI=1S/C37H37ClFN5O3/c1-3-27-30(38)7-4-21-11-25(45)13-28(32(21)27)31-20(2)10-29-34(33(31)39)41-36(42-35(29)43-14-22-5-6-23(15-43)40-22)47-19-37(8-9-37)18-44-16-26-12-24(44)17-46-26/h1,4,7,10-11,13,22-24,26,40,45H,5-6,8-9,12,14-19H2,2H3/t22?,23?,24-,26-/m0/s1. The van der Waals surface area contributed by atoms with E-state index < -0.39 is 5.82 Å². The number of rotatable bonds is 7. The molecular formula is C37H37ClFN5O3. The Bertz CT molecular complexity index is 1980. The van der Waals surface area contributed by atoms with E-state index in [0.717, 1.165) is 64.9 Å². The first-order chi connectivity index (χ1) is 22.8. The first kappa shape index (κ1) is 29.5. The number of aryl methyl sites for hydroxylation is 1. The van der Waals surface area contributed by atoms with Crippen LogP contribution in [0.15, 0.2) is 30.3 Å². The summed E-state index contributed by atoms with van der Waals surface area (Å²) >= 11 is 6.53. The number of morpholine rings is 1. The van der Waals surface area contributed by atoms with E-state index in [4.69, 9.17) is 37.5 Å². The van der Waals surface area contributed by atoms with Gasteiger partial charge < -0.3 is 24.8 Å². The molecule has 242 valence electrons. The second kappa shape index (κ2) is 10.9. The second-order valence-corrected chi connectivity index (χ2v) is 14.8. The van der Waals surface area contributed by atoms with E-state index in [2.05, 4.69) is 21.0 Å². The van der Waals surface area contributed by atoms with Gasteiger partial charge in [-0.15, -0.1) is 6.42 Å². The van der Waals surface area contributed by atoms with Gasteiger partial charge in [0.1, 0.15) is 17.1 Å². The van der Waals surface area contributed by atoms with Crippen LogP contribution < -0.4 is 15.0 Å². The number of halogens is 2. The summed E-state index contributed by atoms with van der Waals surface area (Å²) in [6.45, 7) is 6.71. The monoisotopic (exact) mass is 653 g/mol. The van der Waals surface area contributed by atoms with E-state index in [9.17, 15) is 5.11 Å². The number of terminal acetylenes is 1. The first-order valence-corrected chi connectivity index (χ1v) is 17.1. The third-order valence-electron chi connectivity index (χ3n) is 11.1. The lowest BCUT2D eigenvalue weighted by Gasteiger charge is -2.34. The average Bonchev–Trinajstić information content (AvgIpc) is 3.32. The Kier molecular flexibility index (Phi) is 6.85. The van der Waals surface area contributed by atoms with E-state index in [1.807, 2.05) is 13.0 Å². The number of fused-ring (bicyclic) bond motifs is 6. The molecule has 1 saturated carbocycles. The maximum atomic E-state index is 17.2. The summed E-state index contributed by atoms with van der Waals surface area (Å²) in [5.74, 6) is 2.89. The molecule has 9 rings (SSSR count). The minimum Gasteiger partial charge on any atom is -0.508 e. The van der Waals surface area contributed by atoms with Gasteiger partial charge in [0.15, 0.2) is 5.82 Å². The van der Waals surface area contributed by atoms with Gasteiger partial charge in [0.05, 0.1) is 29.9 Å². The lowest BCUT2D eigenvalue weighted by Crippen LogP contribution is -2.51. The van der Waals surface area contributed by atoms with Gasteiger partial charge in [-0.05, 0) is 79.8 Å². The average molecular weight is 654 g/mol. The maximum Gasteiger partial charge on any atom is 0.319 e. The number of likely N-dealkylation sites (tertiary alicyclic amines) is 1. The number of aromatic hydroxyl groups is 1. The van der Waals surface area contributed by atoms with Crippen LogP contribution in [-0.4, -0.2) is 83.6 Å². The van der Waals surface area contributed by atoms with Gasteiger partial charge in [-0.3, -0.25) is 4.90 Å². The summed E-state index contributed by atoms with van der Waals surface area (Å²) < 4.78 is 29.4. The van der Waals surface area contributed by atoms with E-state index in [1.54, 1.807) is 24.3 Å². The van der Waals surface area contributed by atoms with Crippen molar-refractivity contribution in [1.82, 2.24) is 20.2 Å². The number of piperazine rings is 1. The highest BCUT2D eigenvalue weighted by atomic mass is 35.5. The topological polar surface area (TPSA) is 83.0 Å². The highest BCUT2D eigenvalue weighted by Gasteiger charge is 2.49. The van der Waals surface area contributed by atoms with Gasteiger partial charge in [0, 0.05) is 66.1 Å². The summed E-state index contributed by atoms with van der Waals surface area (Å²) in [6.07, 6.45) is 11.8. The number of phenolic OH excluding ortho intramolecular Hbond substituents is 1. The zero-order chi connectivity index (χ0) is 32.0. The number of nitrogens with zero attached hydrogens (tertiary/aromatic N) is 4. The van der Waals surface area contributed by atoms with Crippen LogP contribution in [0.25, 0.3) is 32.8 Å². The van der Waals surface area contributed by atoms with Crippen molar-refractivity contribution >= 4 is 39.1 Å². The third kappa shape index (κ3) is 5.00. The van der Waals surface area contributed by atoms with Crippen LogP contribution >= 0.6 is 11.6 Å². The molecule has 8 nitrogen and oxygen atoms in total. The lowest BCUT2D eigenvalue weighted by molar-refractivity contribution is 0.0176. The van der Waals surface area contributed by atoms with Crippen LogP contribution in [0, 0.1) is 30.5 Å². The number of anilines is 1. The molecule has 2 N–H and O–H groups in total. The SMILES string of the molecule is C#Cc1c(Cl)ccc2cc(O)cc(-c3c(C)cc4c(N5CC6CCC(C5)N6)nc(OCC5(CN6C[C@@H]7C[C@H]6CO7)CC5)nc4c3F)c12. The molecule has 10 heteroatoms. The molecule has 1 aromatic heterocycles. The van der Waals surface area contributed by atoms with E-state index in [0.29, 0.717) is 80.1 Å². The Morgan fingerprint density at radius 1 is 1.17 bits per heavy atom. The van der Waals surface area contributed by atoms with Crippen LogP contribution in [0.2, 0.25) is 5.02 Å². The van der Waals surface area contributed by atoms with Gasteiger partial charge in [0.25, 0.3) is 0 Å². The Hall–Kier alpha value is -3.68. The summed E-state index contributed by atoms with van der Waals surface area (Å²) in [5, 5.41) is 16.7. The predicted molar refractivity (Wildman–Crippen MR) is 181 cm³/mol. The molecule has 3 aromatic carbocycles. The van der Waals surface area contributed by atoms with Crippen LogP contribution in [0.1, 0.15) is 43.2 Å². The smallest absolute Gasteiger partial charge is 0.319 e.